The summed E-state index contributed by atoms with van der Waals surface area (Å²) in [6.45, 7) is 0. The minimum absolute atomic E-state index is 0.0597. The van der Waals surface area contributed by atoms with E-state index in [1.807, 2.05) is 0 Å². The van der Waals surface area contributed by atoms with E-state index in [-0.39, 0.29) is 18.6 Å². The summed E-state index contributed by atoms with van der Waals surface area (Å²) in [6, 6.07) is 3.44. The molecule has 7 heteroatoms. The fraction of sp³-hybridized carbons (Fsp3) is 0.250. The van der Waals surface area contributed by atoms with Crippen LogP contribution in [0.3, 0.4) is 0 Å². The van der Waals surface area contributed by atoms with E-state index >= 15 is 0 Å². The maximum atomic E-state index is 10.0. The molecule has 0 saturated heterocycles. The minimum Gasteiger partial charge on any atom is -0.507 e. The van der Waals surface area contributed by atoms with Crippen LogP contribution in [0.15, 0.2) is 27.6 Å². The summed E-state index contributed by atoms with van der Waals surface area (Å²) in [5.41, 5.74) is 1.96. The monoisotopic (exact) mass is 265 g/mol. The Labute approximate surface area is 109 Å². The first-order chi connectivity index (χ1) is 9.22. The lowest BCUT2D eigenvalue weighted by Crippen LogP contribution is -1.98. The van der Waals surface area contributed by atoms with Crippen molar-refractivity contribution in [1.82, 2.24) is 0 Å². The predicted octanol–water partition coefficient (Wildman–Crippen LogP) is 1.40. The molecule has 0 aromatic heterocycles. The summed E-state index contributed by atoms with van der Waals surface area (Å²) in [6.07, 6.45) is 4.74. The van der Waals surface area contributed by atoms with Crippen molar-refractivity contribution in [2.75, 3.05) is 0 Å². The van der Waals surface area contributed by atoms with Gasteiger partial charge >= 0.3 is 0 Å². The molecule has 0 bridgehead atoms. The van der Waals surface area contributed by atoms with E-state index in [2.05, 4.69) is 15.5 Å². The van der Waals surface area contributed by atoms with Crippen LogP contribution in [-0.2, 0) is 19.3 Å². The lowest BCUT2D eigenvalue weighted by molar-refractivity contribution is 0.320. The van der Waals surface area contributed by atoms with E-state index in [1.54, 1.807) is 12.1 Å². The van der Waals surface area contributed by atoms with Crippen LogP contribution in [0.1, 0.15) is 16.7 Å². The molecule has 1 aromatic rings. The second kappa shape index (κ2) is 7.70. The van der Waals surface area contributed by atoms with Gasteiger partial charge < -0.3 is 20.7 Å². The Morgan fingerprint density at radius 2 is 1.21 bits per heavy atom. The van der Waals surface area contributed by atoms with Crippen LogP contribution in [-0.4, -0.2) is 39.4 Å². The summed E-state index contributed by atoms with van der Waals surface area (Å²) >= 11 is 0. The molecule has 0 aliphatic carbocycles. The molecule has 0 unspecified atom stereocenters. The van der Waals surface area contributed by atoms with Gasteiger partial charge in [-0.05, 0) is 16.7 Å². The summed E-state index contributed by atoms with van der Waals surface area (Å²) in [4.78, 5) is 0. The fourth-order valence-corrected chi connectivity index (χ4v) is 1.69. The molecule has 1 rings (SSSR count). The molecule has 0 spiro atoms. The Morgan fingerprint density at radius 3 is 1.63 bits per heavy atom. The van der Waals surface area contributed by atoms with Gasteiger partial charge in [0.05, 0.1) is 0 Å². The average Bonchev–Trinajstić information content (AvgIpc) is 2.43. The first-order valence-electron chi connectivity index (χ1n) is 5.54. The van der Waals surface area contributed by atoms with Crippen molar-refractivity contribution in [3.05, 3.63) is 28.8 Å². The van der Waals surface area contributed by atoms with Crippen LogP contribution >= 0.6 is 0 Å². The minimum atomic E-state index is 0.0597. The molecule has 102 valence electrons. The normalized spacial score (nSPS) is 12.0. The van der Waals surface area contributed by atoms with Crippen molar-refractivity contribution in [2.45, 2.75) is 19.3 Å². The van der Waals surface area contributed by atoms with Crippen molar-refractivity contribution in [3.63, 3.8) is 0 Å². The number of hydrogen-bond donors (Lipinski definition) is 4. The average molecular weight is 265 g/mol. The number of oxime groups is 3. The molecular formula is C12H15N3O4. The standard InChI is InChI=1S/C12H15N3O4/c16-12-10(2-5-14-18)7-9(1-4-13-17)8-11(12)3-6-15-19/h4-8,16-19H,1-3H2. The van der Waals surface area contributed by atoms with E-state index in [0.717, 1.165) is 5.56 Å². The van der Waals surface area contributed by atoms with E-state index in [0.29, 0.717) is 17.5 Å². The van der Waals surface area contributed by atoms with Crippen LogP contribution in [0.2, 0.25) is 0 Å². The molecular weight excluding hydrogens is 250 g/mol. The van der Waals surface area contributed by atoms with Crippen molar-refractivity contribution >= 4 is 18.6 Å². The second-order valence-electron chi connectivity index (χ2n) is 3.77. The summed E-state index contributed by atoms with van der Waals surface area (Å²) in [5, 5.41) is 44.0. The molecule has 0 heterocycles. The Hall–Kier alpha value is -2.57. The zero-order valence-corrected chi connectivity index (χ0v) is 10.1. The van der Waals surface area contributed by atoms with Gasteiger partial charge in [0.2, 0.25) is 0 Å². The summed E-state index contributed by atoms with van der Waals surface area (Å²) < 4.78 is 0. The van der Waals surface area contributed by atoms with Crippen LogP contribution in [0.4, 0.5) is 0 Å². The number of phenols is 1. The number of rotatable bonds is 6. The van der Waals surface area contributed by atoms with Crippen molar-refractivity contribution in [3.8, 4) is 5.75 Å². The van der Waals surface area contributed by atoms with Gasteiger partial charge in [0.1, 0.15) is 5.75 Å². The molecule has 7 nitrogen and oxygen atoms in total. The largest absolute Gasteiger partial charge is 0.507 e. The van der Waals surface area contributed by atoms with Crippen LogP contribution in [0.5, 0.6) is 5.75 Å². The number of hydrogen-bond acceptors (Lipinski definition) is 7. The highest BCUT2D eigenvalue weighted by molar-refractivity contribution is 5.68. The van der Waals surface area contributed by atoms with Crippen molar-refractivity contribution in [1.29, 1.82) is 0 Å². The Kier molecular flexibility index (Phi) is 5.87. The summed E-state index contributed by atoms with van der Waals surface area (Å²) in [7, 11) is 0. The fourth-order valence-electron chi connectivity index (χ4n) is 1.69. The Balaban J connectivity index is 3.12. The van der Waals surface area contributed by atoms with Crippen molar-refractivity contribution < 1.29 is 20.7 Å². The lowest BCUT2D eigenvalue weighted by atomic mass is 9.99. The third-order valence-corrected chi connectivity index (χ3v) is 2.52. The third kappa shape index (κ3) is 4.30. The smallest absolute Gasteiger partial charge is 0.122 e. The van der Waals surface area contributed by atoms with Gasteiger partial charge in [0, 0.05) is 37.9 Å². The molecule has 0 aliphatic heterocycles. The molecule has 4 N–H and O–H groups in total. The van der Waals surface area contributed by atoms with Crippen LogP contribution < -0.4 is 0 Å². The highest BCUT2D eigenvalue weighted by Crippen LogP contribution is 2.25. The second-order valence-corrected chi connectivity index (χ2v) is 3.77. The molecule has 0 saturated carbocycles. The van der Waals surface area contributed by atoms with Gasteiger partial charge in [-0.3, -0.25) is 0 Å². The Morgan fingerprint density at radius 1 is 0.789 bits per heavy atom. The van der Waals surface area contributed by atoms with Gasteiger partial charge in [-0.1, -0.05) is 12.1 Å². The van der Waals surface area contributed by atoms with E-state index in [9.17, 15) is 5.11 Å². The quantitative estimate of drug-likeness (QED) is 0.353. The maximum Gasteiger partial charge on any atom is 0.122 e. The number of phenolic OH excluding ortho intramolecular Hbond substituents is 1. The van der Waals surface area contributed by atoms with Gasteiger partial charge in [0.25, 0.3) is 0 Å². The maximum absolute atomic E-state index is 10.0. The van der Waals surface area contributed by atoms with Gasteiger partial charge in [0.15, 0.2) is 0 Å². The van der Waals surface area contributed by atoms with Crippen molar-refractivity contribution in [2.24, 2.45) is 15.5 Å². The first-order valence-corrected chi connectivity index (χ1v) is 5.54. The summed E-state index contributed by atoms with van der Waals surface area (Å²) in [5.74, 6) is 0.0597. The molecule has 0 radical (unpaired) electrons. The van der Waals surface area contributed by atoms with Gasteiger partial charge in [-0.25, -0.2) is 0 Å². The van der Waals surface area contributed by atoms with E-state index in [1.165, 1.54) is 18.6 Å². The zero-order valence-electron chi connectivity index (χ0n) is 10.1. The molecule has 0 atom stereocenters. The van der Waals surface area contributed by atoms with E-state index < -0.39 is 0 Å². The predicted molar refractivity (Wildman–Crippen MR) is 70.1 cm³/mol. The van der Waals surface area contributed by atoms with Crippen LogP contribution in [0.25, 0.3) is 0 Å². The first kappa shape index (κ1) is 14.5. The van der Waals surface area contributed by atoms with E-state index in [4.69, 9.17) is 15.6 Å². The highest BCUT2D eigenvalue weighted by atomic mass is 16.4. The van der Waals surface area contributed by atoms with Crippen LogP contribution in [0, 0.1) is 0 Å². The number of aromatic hydroxyl groups is 1. The van der Waals surface area contributed by atoms with Gasteiger partial charge in [-0.15, -0.1) is 15.5 Å². The molecule has 1 aromatic carbocycles. The number of nitrogens with zero attached hydrogens (tertiary/aromatic N) is 3. The number of benzene rings is 1. The molecule has 0 fully saturated rings. The molecule has 19 heavy (non-hydrogen) atoms. The third-order valence-electron chi connectivity index (χ3n) is 2.52. The highest BCUT2D eigenvalue weighted by Gasteiger charge is 2.09. The SMILES string of the molecule is ON=CCc1cc(CC=NO)c(O)c(CC=NO)c1. The molecule has 0 aliphatic rings. The lowest BCUT2D eigenvalue weighted by Gasteiger charge is -2.09. The topological polar surface area (TPSA) is 118 Å². The van der Waals surface area contributed by atoms with Gasteiger partial charge in [-0.2, -0.15) is 0 Å². The molecule has 0 amide bonds. The Bertz CT molecular complexity index is 463. The zero-order chi connectivity index (χ0) is 14.1.